The number of hydrogen-bond acceptors (Lipinski definition) is 3. The molecule has 0 saturated carbocycles. The smallest absolute Gasteiger partial charge is 0.106 e. The molecule has 0 bridgehead atoms. The molecule has 1 aliphatic carbocycles. The highest BCUT2D eigenvalue weighted by Gasteiger charge is 2.15. The van der Waals surface area contributed by atoms with Crippen molar-refractivity contribution >= 4 is 17.0 Å². The first-order valence-corrected chi connectivity index (χ1v) is 5.46. The SMILES string of the molecule is CON=C1CCCCc2ccsc21. The molecule has 0 atom stereocenters. The lowest BCUT2D eigenvalue weighted by molar-refractivity contribution is 0.213. The predicted molar refractivity (Wildman–Crippen MR) is 55.4 cm³/mol. The summed E-state index contributed by atoms with van der Waals surface area (Å²) in [6.45, 7) is 0. The average molecular weight is 195 g/mol. The van der Waals surface area contributed by atoms with Crippen molar-refractivity contribution < 1.29 is 4.84 Å². The summed E-state index contributed by atoms with van der Waals surface area (Å²) in [5.74, 6) is 0. The van der Waals surface area contributed by atoms with Crippen LogP contribution in [0.2, 0.25) is 0 Å². The van der Waals surface area contributed by atoms with Crippen LogP contribution in [0.5, 0.6) is 0 Å². The van der Waals surface area contributed by atoms with Gasteiger partial charge in [-0.05, 0) is 42.7 Å². The maximum absolute atomic E-state index is 4.86. The van der Waals surface area contributed by atoms with Crippen LogP contribution < -0.4 is 0 Å². The van der Waals surface area contributed by atoms with Gasteiger partial charge >= 0.3 is 0 Å². The van der Waals surface area contributed by atoms with Crippen LogP contribution >= 0.6 is 11.3 Å². The average Bonchev–Trinajstić information content (AvgIpc) is 2.52. The Bertz CT molecular complexity index is 316. The summed E-state index contributed by atoms with van der Waals surface area (Å²) in [5.41, 5.74) is 2.57. The van der Waals surface area contributed by atoms with E-state index in [1.165, 1.54) is 29.7 Å². The van der Waals surface area contributed by atoms with E-state index in [4.69, 9.17) is 4.84 Å². The number of nitrogens with zero attached hydrogens (tertiary/aromatic N) is 1. The Hall–Kier alpha value is -0.830. The van der Waals surface area contributed by atoms with E-state index in [-0.39, 0.29) is 0 Å². The molecule has 2 nitrogen and oxygen atoms in total. The van der Waals surface area contributed by atoms with Gasteiger partial charge in [-0.25, -0.2) is 0 Å². The molecule has 1 aromatic rings. The number of thiophene rings is 1. The van der Waals surface area contributed by atoms with Gasteiger partial charge in [0.1, 0.15) is 7.11 Å². The highest BCUT2D eigenvalue weighted by molar-refractivity contribution is 7.12. The molecule has 0 aromatic carbocycles. The van der Waals surface area contributed by atoms with Gasteiger partial charge in [-0.15, -0.1) is 11.3 Å². The fourth-order valence-electron chi connectivity index (χ4n) is 1.70. The quantitative estimate of drug-likeness (QED) is 0.499. The lowest BCUT2D eigenvalue weighted by Gasteiger charge is -1.99. The molecule has 13 heavy (non-hydrogen) atoms. The molecule has 1 aliphatic rings. The van der Waals surface area contributed by atoms with E-state index < -0.39 is 0 Å². The first kappa shape index (κ1) is 8.75. The monoisotopic (exact) mass is 195 g/mol. The van der Waals surface area contributed by atoms with Crippen molar-refractivity contribution in [2.75, 3.05) is 7.11 Å². The third kappa shape index (κ3) is 1.75. The predicted octanol–water partition coefficient (Wildman–Crippen LogP) is 2.83. The first-order valence-electron chi connectivity index (χ1n) is 4.58. The highest BCUT2D eigenvalue weighted by Crippen LogP contribution is 2.25. The van der Waals surface area contributed by atoms with Gasteiger partial charge in [-0.3, -0.25) is 0 Å². The highest BCUT2D eigenvalue weighted by atomic mass is 32.1. The number of aryl methyl sites for hydroxylation is 1. The minimum absolute atomic E-state index is 1.06. The third-order valence-corrected chi connectivity index (χ3v) is 3.33. The van der Waals surface area contributed by atoms with Gasteiger partial charge in [0.15, 0.2) is 0 Å². The summed E-state index contributed by atoms with van der Waals surface area (Å²) in [4.78, 5) is 6.19. The molecule has 0 saturated heterocycles. The van der Waals surface area contributed by atoms with E-state index in [0.717, 1.165) is 12.1 Å². The van der Waals surface area contributed by atoms with E-state index >= 15 is 0 Å². The normalized spacial score (nSPS) is 19.6. The van der Waals surface area contributed by atoms with E-state index in [0.29, 0.717) is 0 Å². The molecular weight excluding hydrogens is 182 g/mol. The van der Waals surface area contributed by atoms with Crippen LogP contribution in [-0.4, -0.2) is 12.8 Å². The Labute approximate surface area is 82.2 Å². The third-order valence-electron chi connectivity index (χ3n) is 2.32. The van der Waals surface area contributed by atoms with Crippen molar-refractivity contribution in [3.63, 3.8) is 0 Å². The van der Waals surface area contributed by atoms with E-state index in [1.54, 1.807) is 18.4 Å². The summed E-state index contributed by atoms with van der Waals surface area (Å²) in [5, 5.41) is 6.22. The molecular formula is C10H13NOS. The zero-order valence-electron chi connectivity index (χ0n) is 7.75. The molecule has 0 unspecified atom stereocenters. The topological polar surface area (TPSA) is 21.6 Å². The summed E-state index contributed by atoms with van der Waals surface area (Å²) in [7, 11) is 1.62. The summed E-state index contributed by atoms with van der Waals surface area (Å²) < 4.78 is 0. The molecule has 0 amide bonds. The van der Waals surface area contributed by atoms with Crippen molar-refractivity contribution in [3.8, 4) is 0 Å². The Morgan fingerprint density at radius 2 is 2.23 bits per heavy atom. The van der Waals surface area contributed by atoms with Crippen molar-refractivity contribution in [1.82, 2.24) is 0 Å². The Kier molecular flexibility index (Phi) is 2.64. The second-order valence-electron chi connectivity index (χ2n) is 3.20. The second kappa shape index (κ2) is 3.92. The van der Waals surface area contributed by atoms with Gasteiger partial charge in [0.2, 0.25) is 0 Å². The van der Waals surface area contributed by atoms with E-state index in [1.807, 2.05) is 0 Å². The Morgan fingerprint density at radius 1 is 1.38 bits per heavy atom. The zero-order chi connectivity index (χ0) is 9.10. The molecule has 0 spiro atoms. The summed E-state index contributed by atoms with van der Waals surface area (Å²) in [6.07, 6.45) is 4.75. The van der Waals surface area contributed by atoms with Crippen LogP contribution in [-0.2, 0) is 11.3 Å². The lowest BCUT2D eigenvalue weighted by Crippen LogP contribution is -1.98. The minimum Gasteiger partial charge on any atom is -0.399 e. The minimum atomic E-state index is 1.06. The van der Waals surface area contributed by atoms with Crippen LogP contribution in [0.3, 0.4) is 0 Å². The van der Waals surface area contributed by atoms with Crippen LogP contribution in [0.15, 0.2) is 16.6 Å². The summed E-state index contributed by atoms with van der Waals surface area (Å²) in [6, 6.07) is 2.20. The fourth-order valence-corrected chi connectivity index (χ4v) is 2.67. The molecule has 1 heterocycles. The molecule has 3 heteroatoms. The molecule has 1 aromatic heterocycles. The fraction of sp³-hybridized carbons (Fsp3) is 0.500. The second-order valence-corrected chi connectivity index (χ2v) is 4.12. The van der Waals surface area contributed by atoms with E-state index in [2.05, 4.69) is 16.6 Å². The maximum atomic E-state index is 4.86. The van der Waals surface area contributed by atoms with Crippen molar-refractivity contribution in [2.24, 2.45) is 5.16 Å². The molecule has 0 radical (unpaired) electrons. The lowest BCUT2D eigenvalue weighted by atomic mass is 10.1. The van der Waals surface area contributed by atoms with Gasteiger partial charge < -0.3 is 4.84 Å². The number of hydrogen-bond donors (Lipinski definition) is 0. The molecule has 0 fully saturated rings. The molecule has 0 N–H and O–H groups in total. The molecule has 0 aliphatic heterocycles. The van der Waals surface area contributed by atoms with Gasteiger partial charge in [0.25, 0.3) is 0 Å². The zero-order valence-corrected chi connectivity index (χ0v) is 8.56. The van der Waals surface area contributed by atoms with Crippen LogP contribution in [0.25, 0.3) is 0 Å². The number of oxime groups is 1. The standard InChI is InChI=1S/C10H13NOS/c1-12-11-9-5-3-2-4-8-6-7-13-10(8)9/h6-7H,2-5H2,1H3. The summed E-state index contributed by atoms with van der Waals surface area (Å²) >= 11 is 1.78. The Balaban J connectivity index is 2.36. The van der Waals surface area contributed by atoms with Crippen LogP contribution in [0, 0.1) is 0 Å². The first-order chi connectivity index (χ1) is 6.42. The van der Waals surface area contributed by atoms with Gasteiger partial charge in [-0.2, -0.15) is 0 Å². The van der Waals surface area contributed by atoms with Crippen LogP contribution in [0.4, 0.5) is 0 Å². The largest absolute Gasteiger partial charge is 0.399 e. The van der Waals surface area contributed by atoms with Gasteiger partial charge in [-0.1, -0.05) is 5.16 Å². The van der Waals surface area contributed by atoms with Gasteiger partial charge in [0, 0.05) is 0 Å². The molecule has 70 valence electrons. The van der Waals surface area contributed by atoms with Crippen molar-refractivity contribution in [3.05, 3.63) is 21.9 Å². The van der Waals surface area contributed by atoms with Gasteiger partial charge in [0.05, 0.1) is 10.6 Å². The van der Waals surface area contributed by atoms with Crippen molar-refractivity contribution in [2.45, 2.75) is 25.7 Å². The maximum Gasteiger partial charge on any atom is 0.106 e. The number of fused-ring (bicyclic) bond motifs is 1. The van der Waals surface area contributed by atoms with E-state index in [9.17, 15) is 0 Å². The Morgan fingerprint density at radius 3 is 3.08 bits per heavy atom. The number of rotatable bonds is 1. The van der Waals surface area contributed by atoms with Crippen LogP contribution in [0.1, 0.15) is 29.7 Å². The molecule has 2 rings (SSSR count). The van der Waals surface area contributed by atoms with Crippen molar-refractivity contribution in [1.29, 1.82) is 0 Å².